The van der Waals surface area contributed by atoms with E-state index in [-0.39, 0.29) is 31.4 Å². The molecule has 4 rings (SSSR count). The minimum atomic E-state index is -1.03. The number of esters is 1. The molecule has 84 valence electrons. The van der Waals surface area contributed by atoms with Crippen LogP contribution in [0, 0.1) is 0 Å². The standard InChI is InChI=1S/C9H12O6/c10-7(3-6-4-11-6)13-9-2-1-8(12-5-9)14-15-9/h6,8H,1-5H2. The highest BCUT2D eigenvalue weighted by Crippen LogP contribution is 2.35. The van der Waals surface area contributed by atoms with Crippen molar-refractivity contribution in [3.63, 3.8) is 0 Å². The SMILES string of the molecule is O=C(CC1CO1)OC12CCC(OC1)OO2. The Balaban J connectivity index is 1.57. The normalized spacial score (nSPS) is 42.7. The topological polar surface area (TPSA) is 66.5 Å². The number of rotatable bonds is 3. The van der Waals surface area contributed by atoms with Gasteiger partial charge in [-0.25, -0.2) is 4.89 Å². The monoisotopic (exact) mass is 216 g/mol. The summed E-state index contributed by atoms with van der Waals surface area (Å²) in [5.74, 6) is -1.36. The summed E-state index contributed by atoms with van der Waals surface area (Å²) in [6.07, 6.45) is 1.30. The van der Waals surface area contributed by atoms with Gasteiger partial charge >= 0.3 is 5.97 Å². The van der Waals surface area contributed by atoms with Crippen molar-refractivity contribution in [2.45, 2.75) is 37.4 Å². The van der Waals surface area contributed by atoms with E-state index in [1.807, 2.05) is 0 Å². The molecule has 3 unspecified atom stereocenters. The summed E-state index contributed by atoms with van der Waals surface area (Å²) in [7, 11) is 0. The van der Waals surface area contributed by atoms with Crippen LogP contribution in [0.15, 0.2) is 0 Å². The molecule has 4 heterocycles. The molecule has 2 bridgehead atoms. The lowest BCUT2D eigenvalue weighted by Crippen LogP contribution is -2.54. The van der Waals surface area contributed by atoms with Crippen molar-refractivity contribution >= 4 is 5.97 Å². The van der Waals surface area contributed by atoms with Crippen molar-refractivity contribution in [2.24, 2.45) is 0 Å². The van der Waals surface area contributed by atoms with Crippen molar-refractivity contribution in [1.82, 2.24) is 0 Å². The molecule has 6 heteroatoms. The summed E-state index contributed by atoms with van der Waals surface area (Å²) in [4.78, 5) is 21.3. The molecule has 6 nitrogen and oxygen atoms in total. The highest BCUT2D eigenvalue weighted by molar-refractivity contribution is 5.70. The maximum atomic E-state index is 11.4. The van der Waals surface area contributed by atoms with Gasteiger partial charge < -0.3 is 14.2 Å². The zero-order valence-electron chi connectivity index (χ0n) is 8.14. The lowest BCUT2D eigenvalue weighted by molar-refractivity contribution is -0.536. The second kappa shape index (κ2) is 3.41. The summed E-state index contributed by atoms with van der Waals surface area (Å²) in [6, 6.07) is 0. The Morgan fingerprint density at radius 2 is 2.33 bits per heavy atom. The van der Waals surface area contributed by atoms with Crippen molar-refractivity contribution < 1.29 is 28.8 Å². The zero-order valence-corrected chi connectivity index (χ0v) is 8.14. The predicted octanol–water partition coefficient (Wildman–Crippen LogP) is 0.113. The first-order valence-electron chi connectivity index (χ1n) is 5.05. The van der Waals surface area contributed by atoms with Crippen LogP contribution in [0.25, 0.3) is 0 Å². The molecule has 4 aliphatic heterocycles. The summed E-state index contributed by atoms with van der Waals surface area (Å²) >= 11 is 0. The summed E-state index contributed by atoms with van der Waals surface area (Å²) in [5, 5.41) is 0. The first kappa shape index (κ1) is 9.53. The van der Waals surface area contributed by atoms with Crippen molar-refractivity contribution in [3.8, 4) is 0 Å². The Labute approximate surface area is 86.3 Å². The lowest BCUT2D eigenvalue weighted by Gasteiger charge is -2.42. The largest absolute Gasteiger partial charge is 0.428 e. The van der Waals surface area contributed by atoms with Crippen molar-refractivity contribution in [3.05, 3.63) is 0 Å². The number of carbonyl (C=O) groups is 1. The number of fused-ring (bicyclic) bond motifs is 3. The van der Waals surface area contributed by atoms with Gasteiger partial charge in [-0.15, -0.1) is 0 Å². The van der Waals surface area contributed by atoms with Crippen LogP contribution in [0.4, 0.5) is 0 Å². The van der Waals surface area contributed by atoms with E-state index < -0.39 is 5.79 Å². The molecule has 0 aromatic rings. The van der Waals surface area contributed by atoms with Crippen LogP contribution in [-0.4, -0.2) is 37.4 Å². The molecular weight excluding hydrogens is 204 g/mol. The molecule has 0 aliphatic carbocycles. The molecule has 3 atom stereocenters. The third kappa shape index (κ3) is 1.98. The maximum absolute atomic E-state index is 11.4. The van der Waals surface area contributed by atoms with E-state index in [4.69, 9.17) is 24.0 Å². The average Bonchev–Trinajstić information content (AvgIpc) is 3.03. The number of ether oxygens (including phenoxy) is 3. The molecule has 0 aromatic heterocycles. The number of carbonyl (C=O) groups excluding carboxylic acids is 1. The van der Waals surface area contributed by atoms with Crippen LogP contribution in [0.5, 0.6) is 0 Å². The molecule has 4 aliphatic rings. The first-order chi connectivity index (χ1) is 7.26. The Morgan fingerprint density at radius 3 is 2.87 bits per heavy atom. The van der Waals surface area contributed by atoms with E-state index in [0.29, 0.717) is 19.4 Å². The zero-order chi connectivity index (χ0) is 10.3. The third-order valence-electron chi connectivity index (χ3n) is 2.65. The smallest absolute Gasteiger partial charge is 0.311 e. The van der Waals surface area contributed by atoms with Gasteiger partial charge in [0.25, 0.3) is 5.79 Å². The van der Waals surface area contributed by atoms with Crippen LogP contribution in [0.2, 0.25) is 0 Å². The van der Waals surface area contributed by atoms with E-state index in [1.165, 1.54) is 0 Å². The molecule has 0 saturated carbocycles. The minimum absolute atomic E-state index is 0.0238. The predicted molar refractivity (Wildman–Crippen MR) is 44.3 cm³/mol. The lowest BCUT2D eigenvalue weighted by atomic mass is 10.1. The molecular formula is C9H12O6. The van der Waals surface area contributed by atoms with Crippen LogP contribution < -0.4 is 0 Å². The first-order valence-corrected chi connectivity index (χ1v) is 5.05. The quantitative estimate of drug-likeness (QED) is 0.379. The molecule has 4 fully saturated rings. The van der Waals surface area contributed by atoms with Crippen LogP contribution >= 0.6 is 0 Å². The fraction of sp³-hybridized carbons (Fsp3) is 0.889. The van der Waals surface area contributed by atoms with E-state index in [0.717, 1.165) is 0 Å². The van der Waals surface area contributed by atoms with Crippen LogP contribution in [-0.2, 0) is 28.8 Å². The summed E-state index contributed by atoms with van der Waals surface area (Å²) in [5.41, 5.74) is 0. The van der Waals surface area contributed by atoms with Gasteiger partial charge in [0.05, 0.1) is 19.1 Å². The Hall–Kier alpha value is -0.690. The molecule has 4 saturated heterocycles. The second-order valence-electron chi connectivity index (χ2n) is 4.00. The highest BCUT2D eigenvalue weighted by Gasteiger charge is 2.48. The van der Waals surface area contributed by atoms with E-state index in [9.17, 15) is 4.79 Å². The van der Waals surface area contributed by atoms with E-state index >= 15 is 0 Å². The number of epoxide rings is 1. The molecule has 0 aromatic carbocycles. The van der Waals surface area contributed by atoms with Gasteiger partial charge in [-0.3, -0.25) is 4.79 Å². The number of hydrogen-bond acceptors (Lipinski definition) is 6. The van der Waals surface area contributed by atoms with Crippen LogP contribution in [0.3, 0.4) is 0 Å². The minimum Gasteiger partial charge on any atom is -0.428 e. The van der Waals surface area contributed by atoms with Crippen molar-refractivity contribution in [2.75, 3.05) is 13.2 Å². The molecule has 0 spiro atoms. The molecule has 0 N–H and O–H groups in total. The Kier molecular flexibility index (Phi) is 2.17. The van der Waals surface area contributed by atoms with Crippen molar-refractivity contribution in [1.29, 1.82) is 0 Å². The van der Waals surface area contributed by atoms with Crippen LogP contribution in [0.1, 0.15) is 19.3 Å². The van der Waals surface area contributed by atoms with E-state index in [1.54, 1.807) is 0 Å². The molecule has 0 radical (unpaired) electrons. The average molecular weight is 216 g/mol. The fourth-order valence-corrected chi connectivity index (χ4v) is 1.71. The van der Waals surface area contributed by atoms with Gasteiger partial charge in [-0.2, -0.15) is 4.89 Å². The number of hydrogen-bond donors (Lipinski definition) is 0. The van der Waals surface area contributed by atoms with Gasteiger partial charge in [0.1, 0.15) is 6.61 Å². The molecule has 0 amide bonds. The summed E-state index contributed by atoms with van der Waals surface area (Å²) in [6.45, 7) is 0.882. The Bertz CT molecular complexity index is 252. The third-order valence-corrected chi connectivity index (χ3v) is 2.65. The highest BCUT2D eigenvalue weighted by atomic mass is 17.3. The van der Waals surface area contributed by atoms with E-state index in [2.05, 4.69) is 0 Å². The second-order valence-corrected chi connectivity index (χ2v) is 4.00. The van der Waals surface area contributed by atoms with Gasteiger partial charge in [-0.05, 0) is 0 Å². The Morgan fingerprint density at radius 1 is 1.47 bits per heavy atom. The maximum Gasteiger partial charge on any atom is 0.311 e. The van der Waals surface area contributed by atoms with Gasteiger partial charge in [0.2, 0.25) is 0 Å². The fourth-order valence-electron chi connectivity index (χ4n) is 1.71. The van der Waals surface area contributed by atoms with Gasteiger partial charge in [0, 0.05) is 12.8 Å². The van der Waals surface area contributed by atoms with Gasteiger partial charge in [0.15, 0.2) is 6.29 Å². The van der Waals surface area contributed by atoms with Gasteiger partial charge in [-0.1, -0.05) is 0 Å². The summed E-state index contributed by atoms with van der Waals surface area (Å²) < 4.78 is 15.4. The molecule has 15 heavy (non-hydrogen) atoms.